The van der Waals surface area contributed by atoms with Crippen molar-refractivity contribution in [3.63, 3.8) is 0 Å². The van der Waals surface area contributed by atoms with Gasteiger partial charge in [-0.15, -0.1) is 0 Å². The Morgan fingerprint density at radius 1 is 1.42 bits per heavy atom. The molecule has 1 unspecified atom stereocenters. The van der Waals surface area contributed by atoms with Crippen LogP contribution < -0.4 is 0 Å². The van der Waals surface area contributed by atoms with Gasteiger partial charge < -0.3 is 10.2 Å². The van der Waals surface area contributed by atoms with Gasteiger partial charge in [0, 0.05) is 0 Å². The molecule has 0 spiro atoms. The third-order valence-electron chi connectivity index (χ3n) is 2.51. The van der Waals surface area contributed by atoms with Crippen LogP contribution in [0.5, 0.6) is 0 Å². The van der Waals surface area contributed by atoms with Crippen molar-refractivity contribution in [2.75, 3.05) is 0 Å². The first kappa shape index (κ1) is 9.03. The molecule has 1 aliphatic carbocycles. The highest BCUT2D eigenvalue weighted by atomic mass is 16.4. The fraction of sp³-hybridized carbons (Fsp3) is 0.750. The molecule has 0 heterocycles. The second-order valence-electron chi connectivity index (χ2n) is 3.27. The van der Waals surface area contributed by atoms with Crippen LogP contribution in [0.3, 0.4) is 0 Å². The zero-order valence-electron chi connectivity index (χ0n) is 6.91. The van der Waals surface area contributed by atoms with Crippen LogP contribution in [0.2, 0.25) is 0 Å². The molecule has 0 bridgehead atoms. The fourth-order valence-electron chi connectivity index (χ4n) is 1.64. The largest absolute Gasteiger partial charge is 0.480 e. The van der Waals surface area contributed by atoms with E-state index in [9.17, 15) is 9.59 Å². The lowest BCUT2D eigenvalue weighted by Crippen LogP contribution is -2.27. The summed E-state index contributed by atoms with van der Waals surface area (Å²) in [5, 5.41) is 17.4. The zero-order valence-corrected chi connectivity index (χ0v) is 6.91. The summed E-state index contributed by atoms with van der Waals surface area (Å²) in [6.45, 7) is 1.92. The Bertz CT molecular complexity index is 207. The van der Waals surface area contributed by atoms with E-state index >= 15 is 0 Å². The Hall–Kier alpha value is -1.06. The maximum absolute atomic E-state index is 10.6. The van der Waals surface area contributed by atoms with E-state index in [0.29, 0.717) is 12.8 Å². The van der Waals surface area contributed by atoms with Crippen molar-refractivity contribution >= 4 is 11.9 Å². The fourth-order valence-corrected chi connectivity index (χ4v) is 1.64. The SMILES string of the molecule is CCCC1CC1(C(=O)O)C(=O)O. The van der Waals surface area contributed by atoms with E-state index in [4.69, 9.17) is 10.2 Å². The van der Waals surface area contributed by atoms with Crippen LogP contribution in [0.4, 0.5) is 0 Å². The molecular weight excluding hydrogens is 160 g/mol. The molecule has 68 valence electrons. The Morgan fingerprint density at radius 3 is 2.17 bits per heavy atom. The van der Waals surface area contributed by atoms with E-state index in [1.165, 1.54) is 0 Å². The van der Waals surface area contributed by atoms with E-state index < -0.39 is 17.4 Å². The van der Waals surface area contributed by atoms with E-state index in [1.54, 1.807) is 0 Å². The first-order chi connectivity index (χ1) is 5.55. The number of rotatable bonds is 4. The molecule has 2 N–H and O–H groups in total. The lowest BCUT2D eigenvalue weighted by atomic mass is 10.0. The van der Waals surface area contributed by atoms with Gasteiger partial charge >= 0.3 is 11.9 Å². The van der Waals surface area contributed by atoms with Crippen molar-refractivity contribution in [1.29, 1.82) is 0 Å². The highest BCUT2D eigenvalue weighted by Crippen LogP contribution is 2.55. The summed E-state index contributed by atoms with van der Waals surface area (Å²) in [5.41, 5.74) is -1.45. The summed E-state index contributed by atoms with van der Waals surface area (Å²) in [7, 11) is 0. The second kappa shape index (κ2) is 2.77. The maximum Gasteiger partial charge on any atom is 0.321 e. The number of hydrogen-bond acceptors (Lipinski definition) is 2. The summed E-state index contributed by atoms with van der Waals surface area (Å²) < 4.78 is 0. The number of carboxylic acid groups (broad SMARTS) is 2. The van der Waals surface area contributed by atoms with Crippen LogP contribution in [0, 0.1) is 11.3 Å². The molecule has 0 aromatic carbocycles. The minimum Gasteiger partial charge on any atom is -0.480 e. The summed E-state index contributed by atoms with van der Waals surface area (Å²) in [6, 6.07) is 0. The van der Waals surface area contributed by atoms with Gasteiger partial charge in [-0.05, 0) is 18.8 Å². The quantitative estimate of drug-likeness (QED) is 0.619. The Labute approximate surface area is 70.2 Å². The third-order valence-corrected chi connectivity index (χ3v) is 2.51. The van der Waals surface area contributed by atoms with E-state index in [0.717, 1.165) is 6.42 Å². The first-order valence-electron chi connectivity index (χ1n) is 4.02. The molecule has 1 saturated carbocycles. The van der Waals surface area contributed by atoms with Crippen molar-refractivity contribution in [3.05, 3.63) is 0 Å². The van der Waals surface area contributed by atoms with Crippen LogP contribution in [-0.4, -0.2) is 22.2 Å². The molecule has 0 aromatic heterocycles. The number of hydrogen-bond donors (Lipinski definition) is 2. The summed E-state index contributed by atoms with van der Waals surface area (Å²) in [5.74, 6) is -2.53. The van der Waals surface area contributed by atoms with Gasteiger partial charge in [-0.2, -0.15) is 0 Å². The lowest BCUT2D eigenvalue weighted by molar-refractivity contribution is -0.157. The molecule has 12 heavy (non-hydrogen) atoms. The van der Waals surface area contributed by atoms with Crippen LogP contribution in [0.25, 0.3) is 0 Å². The molecule has 0 aromatic rings. The molecule has 0 radical (unpaired) electrons. The highest BCUT2D eigenvalue weighted by molar-refractivity contribution is 6.02. The van der Waals surface area contributed by atoms with Gasteiger partial charge in [0.1, 0.15) is 0 Å². The Morgan fingerprint density at radius 2 is 1.92 bits per heavy atom. The molecule has 0 amide bonds. The van der Waals surface area contributed by atoms with Gasteiger partial charge in [0.2, 0.25) is 0 Å². The minimum atomic E-state index is -1.45. The first-order valence-corrected chi connectivity index (χ1v) is 4.02. The minimum absolute atomic E-state index is 0.155. The van der Waals surface area contributed by atoms with E-state index in [-0.39, 0.29) is 5.92 Å². The van der Waals surface area contributed by atoms with Gasteiger partial charge in [0.15, 0.2) is 5.41 Å². The Kier molecular flexibility index (Phi) is 2.08. The van der Waals surface area contributed by atoms with Gasteiger partial charge in [-0.1, -0.05) is 13.3 Å². The topological polar surface area (TPSA) is 74.6 Å². The van der Waals surface area contributed by atoms with Crippen molar-refractivity contribution < 1.29 is 19.8 Å². The average molecular weight is 172 g/mol. The molecule has 1 rings (SSSR count). The predicted octanol–water partition coefficient (Wildman–Crippen LogP) is 0.962. The summed E-state index contributed by atoms with van der Waals surface area (Å²) >= 11 is 0. The van der Waals surface area contributed by atoms with Crippen LogP contribution >= 0.6 is 0 Å². The van der Waals surface area contributed by atoms with Crippen molar-refractivity contribution in [1.82, 2.24) is 0 Å². The lowest BCUT2D eigenvalue weighted by Gasteiger charge is -2.04. The maximum atomic E-state index is 10.6. The Balaban J connectivity index is 2.69. The predicted molar refractivity (Wildman–Crippen MR) is 40.7 cm³/mol. The van der Waals surface area contributed by atoms with Crippen LogP contribution in [-0.2, 0) is 9.59 Å². The average Bonchev–Trinajstić information content (AvgIpc) is 2.64. The zero-order chi connectivity index (χ0) is 9.35. The second-order valence-corrected chi connectivity index (χ2v) is 3.27. The summed E-state index contributed by atoms with van der Waals surface area (Å²) in [6.07, 6.45) is 1.83. The van der Waals surface area contributed by atoms with Crippen LogP contribution in [0.1, 0.15) is 26.2 Å². The van der Waals surface area contributed by atoms with Gasteiger partial charge in [0.05, 0.1) is 0 Å². The van der Waals surface area contributed by atoms with Crippen LogP contribution in [0.15, 0.2) is 0 Å². The third kappa shape index (κ3) is 1.07. The molecule has 1 aliphatic rings. The van der Waals surface area contributed by atoms with Gasteiger partial charge in [0.25, 0.3) is 0 Å². The molecule has 0 saturated heterocycles. The highest BCUT2D eigenvalue weighted by Gasteiger charge is 2.65. The molecule has 0 aliphatic heterocycles. The molecule has 4 nitrogen and oxygen atoms in total. The number of carbonyl (C=O) groups is 2. The monoisotopic (exact) mass is 172 g/mol. The summed E-state index contributed by atoms with van der Waals surface area (Å²) in [4.78, 5) is 21.3. The number of aliphatic carboxylic acids is 2. The van der Waals surface area contributed by atoms with Crippen molar-refractivity contribution in [3.8, 4) is 0 Å². The molecule has 1 fully saturated rings. The van der Waals surface area contributed by atoms with E-state index in [2.05, 4.69) is 0 Å². The normalized spacial score (nSPS) is 24.9. The molecule has 4 heteroatoms. The van der Waals surface area contributed by atoms with E-state index in [1.807, 2.05) is 6.92 Å². The smallest absolute Gasteiger partial charge is 0.321 e. The standard InChI is InChI=1S/C8H12O4/c1-2-3-5-4-8(5,6(9)10)7(11)12/h5H,2-4H2,1H3,(H,9,10)(H,11,12). The van der Waals surface area contributed by atoms with Gasteiger partial charge in [-0.25, -0.2) is 0 Å². The van der Waals surface area contributed by atoms with Crippen molar-refractivity contribution in [2.24, 2.45) is 11.3 Å². The molecule has 1 atom stereocenters. The van der Waals surface area contributed by atoms with Crippen molar-refractivity contribution in [2.45, 2.75) is 26.2 Å². The van der Waals surface area contributed by atoms with Gasteiger partial charge in [-0.3, -0.25) is 9.59 Å². The number of carboxylic acids is 2. The molecular formula is C8H12O4.